The number of hydrogen-bond acceptors (Lipinski definition) is 2. The molecule has 1 saturated heterocycles. The number of likely N-dealkylation sites (tertiary alicyclic amines) is 1. The van der Waals surface area contributed by atoms with Crippen LogP contribution in [0.3, 0.4) is 0 Å². The Morgan fingerprint density at radius 2 is 2.27 bits per heavy atom. The molecular weight excluding hydrogens is 186 g/mol. The molecule has 2 atom stereocenters. The Bertz CT molecular complexity index is 251. The Labute approximate surface area is 93.0 Å². The first-order valence-corrected chi connectivity index (χ1v) is 6.50. The van der Waals surface area contributed by atoms with Crippen LogP contribution in [0.1, 0.15) is 52.4 Å². The highest BCUT2D eigenvalue weighted by Gasteiger charge is 2.51. The number of Topliss-reactive ketones (excluding diaryl/α,β-unsaturated/α-hetero) is 1. The molecule has 2 unspecified atom stereocenters. The third-order valence-electron chi connectivity index (χ3n) is 4.41. The molecule has 15 heavy (non-hydrogen) atoms. The van der Waals surface area contributed by atoms with Crippen LogP contribution in [0.2, 0.25) is 0 Å². The van der Waals surface area contributed by atoms with E-state index in [0.717, 1.165) is 25.9 Å². The highest BCUT2D eigenvalue weighted by Crippen LogP contribution is 2.43. The maximum atomic E-state index is 12.2. The Morgan fingerprint density at radius 3 is 2.93 bits per heavy atom. The van der Waals surface area contributed by atoms with Crippen molar-refractivity contribution >= 4 is 5.78 Å². The topological polar surface area (TPSA) is 20.3 Å². The number of carbonyl (C=O) groups excluding carboxylic acids is 1. The molecule has 2 rings (SSSR count). The lowest BCUT2D eigenvalue weighted by molar-refractivity contribution is -0.129. The summed E-state index contributed by atoms with van der Waals surface area (Å²) in [5.41, 5.74) is -0.0474. The van der Waals surface area contributed by atoms with Crippen molar-refractivity contribution in [2.24, 2.45) is 5.92 Å². The highest BCUT2D eigenvalue weighted by molar-refractivity contribution is 5.91. The van der Waals surface area contributed by atoms with E-state index in [-0.39, 0.29) is 5.54 Å². The minimum Gasteiger partial charge on any atom is -0.298 e. The van der Waals surface area contributed by atoms with Gasteiger partial charge in [0.25, 0.3) is 0 Å². The van der Waals surface area contributed by atoms with E-state index in [2.05, 4.69) is 18.7 Å². The van der Waals surface area contributed by atoms with E-state index in [4.69, 9.17) is 0 Å². The molecule has 1 aliphatic carbocycles. The number of rotatable bonds is 2. The highest BCUT2D eigenvalue weighted by atomic mass is 16.1. The summed E-state index contributed by atoms with van der Waals surface area (Å²) in [5, 5.41) is 0. The lowest BCUT2D eigenvalue weighted by Crippen LogP contribution is -2.55. The van der Waals surface area contributed by atoms with Gasteiger partial charge in [-0.05, 0) is 31.7 Å². The molecule has 1 spiro atoms. The Balaban J connectivity index is 2.23. The number of ketones is 1. The fourth-order valence-corrected chi connectivity index (χ4v) is 3.62. The molecular formula is C13H23NO. The van der Waals surface area contributed by atoms with Gasteiger partial charge in [-0.1, -0.05) is 26.7 Å². The smallest absolute Gasteiger partial charge is 0.154 e. The average Bonchev–Trinajstić information content (AvgIpc) is 2.53. The summed E-state index contributed by atoms with van der Waals surface area (Å²) < 4.78 is 0. The molecule has 2 fully saturated rings. The number of nitrogens with zero attached hydrogens (tertiary/aromatic N) is 1. The molecule has 0 aromatic heterocycles. The second kappa shape index (κ2) is 4.25. The van der Waals surface area contributed by atoms with Crippen molar-refractivity contribution in [2.75, 3.05) is 13.1 Å². The fraction of sp³-hybridized carbons (Fsp3) is 0.923. The molecule has 0 aromatic carbocycles. The van der Waals surface area contributed by atoms with Gasteiger partial charge in [0.1, 0.15) is 0 Å². The molecule has 86 valence electrons. The van der Waals surface area contributed by atoms with Crippen LogP contribution in [0, 0.1) is 5.92 Å². The van der Waals surface area contributed by atoms with Crippen LogP contribution in [0.5, 0.6) is 0 Å². The molecule has 1 aliphatic heterocycles. The third-order valence-corrected chi connectivity index (χ3v) is 4.41. The normalized spacial score (nSPS) is 37.7. The van der Waals surface area contributed by atoms with Crippen LogP contribution >= 0.6 is 0 Å². The van der Waals surface area contributed by atoms with Crippen molar-refractivity contribution in [3.8, 4) is 0 Å². The lowest BCUT2D eigenvalue weighted by atomic mass is 9.71. The van der Waals surface area contributed by atoms with Gasteiger partial charge < -0.3 is 0 Å². The summed E-state index contributed by atoms with van der Waals surface area (Å²) in [6.45, 7) is 6.61. The summed E-state index contributed by atoms with van der Waals surface area (Å²) in [7, 11) is 0. The maximum Gasteiger partial charge on any atom is 0.154 e. The maximum absolute atomic E-state index is 12.2. The van der Waals surface area contributed by atoms with Crippen molar-refractivity contribution in [3.63, 3.8) is 0 Å². The Hall–Kier alpha value is -0.370. The SMILES string of the molecule is CCCN1CCC(=O)C12CCCCC2C. The lowest BCUT2D eigenvalue weighted by Gasteiger charge is -2.45. The zero-order valence-electron chi connectivity index (χ0n) is 10.1. The van der Waals surface area contributed by atoms with Gasteiger partial charge in [-0.15, -0.1) is 0 Å². The van der Waals surface area contributed by atoms with Crippen molar-refractivity contribution < 1.29 is 4.79 Å². The Kier molecular flexibility index (Phi) is 3.15. The van der Waals surface area contributed by atoms with E-state index in [0.29, 0.717) is 11.7 Å². The number of hydrogen-bond donors (Lipinski definition) is 0. The summed E-state index contributed by atoms with van der Waals surface area (Å²) in [6, 6.07) is 0. The molecule has 1 saturated carbocycles. The average molecular weight is 209 g/mol. The minimum absolute atomic E-state index is 0.0474. The molecule has 0 bridgehead atoms. The third kappa shape index (κ3) is 1.63. The molecule has 0 aromatic rings. The molecule has 2 heteroatoms. The molecule has 0 N–H and O–H groups in total. The largest absolute Gasteiger partial charge is 0.298 e. The van der Waals surface area contributed by atoms with Crippen LogP contribution in [0.15, 0.2) is 0 Å². The first-order chi connectivity index (χ1) is 7.21. The van der Waals surface area contributed by atoms with Gasteiger partial charge in [0.15, 0.2) is 5.78 Å². The molecule has 2 nitrogen and oxygen atoms in total. The summed E-state index contributed by atoms with van der Waals surface area (Å²) in [5.74, 6) is 1.11. The van der Waals surface area contributed by atoms with Gasteiger partial charge in [-0.25, -0.2) is 0 Å². The van der Waals surface area contributed by atoms with E-state index >= 15 is 0 Å². The van der Waals surface area contributed by atoms with Crippen molar-refractivity contribution in [3.05, 3.63) is 0 Å². The predicted octanol–water partition coefficient (Wildman–Crippen LogP) is 2.62. The monoisotopic (exact) mass is 209 g/mol. The van der Waals surface area contributed by atoms with E-state index in [9.17, 15) is 4.79 Å². The van der Waals surface area contributed by atoms with Crippen LogP contribution in [0.25, 0.3) is 0 Å². The van der Waals surface area contributed by atoms with Crippen LogP contribution in [-0.4, -0.2) is 29.3 Å². The van der Waals surface area contributed by atoms with Gasteiger partial charge in [-0.2, -0.15) is 0 Å². The van der Waals surface area contributed by atoms with Crippen molar-refractivity contribution in [1.29, 1.82) is 0 Å². The first kappa shape index (κ1) is 11.1. The molecule has 1 heterocycles. The summed E-state index contributed by atoms with van der Waals surface area (Å²) in [6.07, 6.45) is 6.89. The fourth-order valence-electron chi connectivity index (χ4n) is 3.62. The van der Waals surface area contributed by atoms with Crippen LogP contribution in [-0.2, 0) is 4.79 Å². The van der Waals surface area contributed by atoms with Gasteiger partial charge in [-0.3, -0.25) is 9.69 Å². The van der Waals surface area contributed by atoms with Crippen molar-refractivity contribution in [1.82, 2.24) is 4.90 Å². The van der Waals surface area contributed by atoms with E-state index in [1.165, 1.54) is 25.7 Å². The molecule has 0 amide bonds. The number of carbonyl (C=O) groups is 1. The van der Waals surface area contributed by atoms with E-state index in [1.807, 2.05) is 0 Å². The zero-order chi connectivity index (χ0) is 10.9. The van der Waals surface area contributed by atoms with Gasteiger partial charge in [0.05, 0.1) is 5.54 Å². The second-order valence-corrected chi connectivity index (χ2v) is 5.23. The Morgan fingerprint density at radius 1 is 1.47 bits per heavy atom. The standard InChI is InChI=1S/C13H23NO/c1-3-9-14-10-7-12(15)13(14)8-5-4-6-11(13)2/h11H,3-10H2,1-2H3. The summed E-state index contributed by atoms with van der Waals surface area (Å²) >= 11 is 0. The summed E-state index contributed by atoms with van der Waals surface area (Å²) in [4.78, 5) is 14.7. The molecule has 2 aliphatic rings. The minimum atomic E-state index is -0.0474. The van der Waals surface area contributed by atoms with Gasteiger partial charge >= 0.3 is 0 Å². The second-order valence-electron chi connectivity index (χ2n) is 5.23. The first-order valence-electron chi connectivity index (χ1n) is 6.50. The van der Waals surface area contributed by atoms with E-state index < -0.39 is 0 Å². The van der Waals surface area contributed by atoms with Gasteiger partial charge in [0.2, 0.25) is 0 Å². The van der Waals surface area contributed by atoms with Gasteiger partial charge in [0, 0.05) is 13.0 Å². The molecule has 0 radical (unpaired) electrons. The van der Waals surface area contributed by atoms with Crippen molar-refractivity contribution in [2.45, 2.75) is 57.9 Å². The quantitative estimate of drug-likeness (QED) is 0.697. The van der Waals surface area contributed by atoms with E-state index in [1.54, 1.807) is 0 Å². The van der Waals surface area contributed by atoms with Crippen LogP contribution < -0.4 is 0 Å². The van der Waals surface area contributed by atoms with Crippen LogP contribution in [0.4, 0.5) is 0 Å². The predicted molar refractivity (Wildman–Crippen MR) is 61.9 cm³/mol. The zero-order valence-corrected chi connectivity index (χ0v) is 10.1.